The topological polar surface area (TPSA) is 117 Å². The summed E-state index contributed by atoms with van der Waals surface area (Å²) in [5.74, 6) is -1.31. The van der Waals surface area contributed by atoms with Crippen LogP contribution in [0.25, 0.3) is 0 Å². The molecule has 0 saturated carbocycles. The van der Waals surface area contributed by atoms with Crippen molar-refractivity contribution in [3.05, 3.63) is 32.6 Å². The maximum Gasteiger partial charge on any atom is 0.331 e. The first kappa shape index (κ1) is 16.6. The predicted octanol–water partition coefficient (Wildman–Crippen LogP) is -0.904. The van der Waals surface area contributed by atoms with E-state index in [0.717, 1.165) is 4.57 Å². The van der Waals surface area contributed by atoms with Gasteiger partial charge in [0.25, 0.3) is 5.56 Å². The third kappa shape index (κ3) is 4.56. The highest BCUT2D eigenvalue weighted by atomic mass is 16.6. The SMILES string of the molecule is COC(=O)COC(CC(=O)OC)n1cc(C)c(=O)[nH]c1=O. The third-order valence-electron chi connectivity index (χ3n) is 2.65. The second kappa shape index (κ2) is 7.39. The van der Waals surface area contributed by atoms with E-state index in [-0.39, 0.29) is 12.0 Å². The molecule has 0 aromatic carbocycles. The molecule has 0 fully saturated rings. The van der Waals surface area contributed by atoms with Crippen molar-refractivity contribution in [3.8, 4) is 0 Å². The number of aromatic nitrogens is 2. The van der Waals surface area contributed by atoms with Crippen LogP contribution in [0.15, 0.2) is 15.8 Å². The minimum Gasteiger partial charge on any atom is -0.469 e. The summed E-state index contributed by atoms with van der Waals surface area (Å²) in [7, 11) is 2.36. The second-order valence-corrected chi connectivity index (χ2v) is 4.10. The van der Waals surface area contributed by atoms with Gasteiger partial charge in [0.15, 0.2) is 0 Å². The monoisotopic (exact) mass is 300 g/mol. The molecule has 21 heavy (non-hydrogen) atoms. The first-order valence-corrected chi connectivity index (χ1v) is 5.96. The molecule has 9 heteroatoms. The van der Waals surface area contributed by atoms with Gasteiger partial charge in [-0.25, -0.2) is 9.59 Å². The van der Waals surface area contributed by atoms with E-state index in [1.54, 1.807) is 0 Å². The number of nitrogens with zero attached hydrogens (tertiary/aromatic N) is 1. The average Bonchev–Trinajstić information content (AvgIpc) is 2.46. The van der Waals surface area contributed by atoms with Crippen LogP contribution in [0.1, 0.15) is 18.2 Å². The number of aromatic amines is 1. The van der Waals surface area contributed by atoms with E-state index in [2.05, 4.69) is 14.5 Å². The van der Waals surface area contributed by atoms with Gasteiger partial charge in [0.1, 0.15) is 12.8 Å². The molecule has 1 aromatic heterocycles. The van der Waals surface area contributed by atoms with E-state index in [1.807, 2.05) is 0 Å². The zero-order chi connectivity index (χ0) is 16.0. The van der Waals surface area contributed by atoms with E-state index >= 15 is 0 Å². The molecule has 1 aromatic rings. The molecule has 0 aliphatic rings. The Morgan fingerprint density at radius 1 is 1.24 bits per heavy atom. The van der Waals surface area contributed by atoms with Crippen LogP contribution in [-0.4, -0.2) is 42.3 Å². The Morgan fingerprint density at radius 3 is 2.43 bits per heavy atom. The number of hydrogen-bond donors (Lipinski definition) is 1. The highest BCUT2D eigenvalue weighted by molar-refractivity contribution is 5.71. The quantitative estimate of drug-likeness (QED) is 0.676. The fraction of sp³-hybridized carbons (Fsp3) is 0.500. The van der Waals surface area contributed by atoms with Crippen molar-refractivity contribution in [2.24, 2.45) is 0 Å². The van der Waals surface area contributed by atoms with Crippen LogP contribution in [0.5, 0.6) is 0 Å². The number of nitrogens with one attached hydrogen (secondary N) is 1. The fourth-order valence-electron chi connectivity index (χ4n) is 1.49. The van der Waals surface area contributed by atoms with Gasteiger partial charge in [-0.3, -0.25) is 19.1 Å². The molecular formula is C12H16N2O7. The number of ether oxygens (including phenoxy) is 3. The van der Waals surface area contributed by atoms with Crippen LogP contribution in [-0.2, 0) is 23.8 Å². The van der Waals surface area contributed by atoms with Gasteiger partial charge in [0.2, 0.25) is 0 Å². The van der Waals surface area contributed by atoms with Gasteiger partial charge in [-0.05, 0) is 6.92 Å². The lowest BCUT2D eigenvalue weighted by atomic mass is 10.3. The summed E-state index contributed by atoms with van der Waals surface area (Å²) in [4.78, 5) is 47.7. The molecule has 0 aliphatic carbocycles. The number of hydrogen-bond acceptors (Lipinski definition) is 7. The zero-order valence-electron chi connectivity index (χ0n) is 11.9. The summed E-state index contributed by atoms with van der Waals surface area (Å²) in [6, 6.07) is 0. The van der Waals surface area contributed by atoms with Crippen molar-refractivity contribution in [2.75, 3.05) is 20.8 Å². The van der Waals surface area contributed by atoms with Gasteiger partial charge in [-0.2, -0.15) is 0 Å². The van der Waals surface area contributed by atoms with Gasteiger partial charge >= 0.3 is 17.6 Å². The van der Waals surface area contributed by atoms with Gasteiger partial charge in [0, 0.05) is 11.8 Å². The fourth-order valence-corrected chi connectivity index (χ4v) is 1.49. The van der Waals surface area contributed by atoms with Gasteiger partial charge in [-0.1, -0.05) is 0 Å². The molecule has 1 atom stereocenters. The predicted molar refractivity (Wildman–Crippen MR) is 69.7 cm³/mol. The molecule has 9 nitrogen and oxygen atoms in total. The molecule has 1 N–H and O–H groups in total. The number of esters is 2. The molecule has 1 rings (SSSR count). The molecule has 0 amide bonds. The maximum absolute atomic E-state index is 11.8. The van der Waals surface area contributed by atoms with Crippen molar-refractivity contribution in [2.45, 2.75) is 19.6 Å². The van der Waals surface area contributed by atoms with Crippen molar-refractivity contribution < 1.29 is 23.8 Å². The van der Waals surface area contributed by atoms with Crippen molar-refractivity contribution in [1.82, 2.24) is 9.55 Å². The smallest absolute Gasteiger partial charge is 0.331 e. The molecule has 0 aliphatic heterocycles. The van der Waals surface area contributed by atoms with Crippen LogP contribution in [0, 0.1) is 6.92 Å². The number of H-pyrrole nitrogens is 1. The zero-order valence-corrected chi connectivity index (χ0v) is 11.9. The van der Waals surface area contributed by atoms with Crippen LogP contribution in [0.3, 0.4) is 0 Å². The minimum atomic E-state index is -1.10. The van der Waals surface area contributed by atoms with E-state index in [9.17, 15) is 19.2 Å². The Morgan fingerprint density at radius 2 is 1.86 bits per heavy atom. The summed E-state index contributed by atoms with van der Waals surface area (Å²) in [5, 5.41) is 0. The van der Waals surface area contributed by atoms with Crippen LogP contribution >= 0.6 is 0 Å². The normalized spacial score (nSPS) is 11.8. The average molecular weight is 300 g/mol. The Kier molecular flexibility index (Phi) is 5.85. The Hall–Kier alpha value is -2.42. The Balaban J connectivity index is 3.08. The van der Waals surface area contributed by atoms with Crippen LogP contribution in [0.4, 0.5) is 0 Å². The van der Waals surface area contributed by atoms with E-state index in [1.165, 1.54) is 27.3 Å². The molecule has 116 valence electrons. The molecule has 1 heterocycles. The first-order chi connectivity index (χ1) is 9.88. The van der Waals surface area contributed by atoms with Gasteiger partial charge < -0.3 is 14.2 Å². The molecule has 0 bridgehead atoms. The number of carbonyl (C=O) groups is 2. The summed E-state index contributed by atoms with van der Waals surface area (Å²) in [6.45, 7) is 1.03. The lowest BCUT2D eigenvalue weighted by molar-refractivity contribution is -0.156. The standard InChI is InChI=1S/C12H16N2O7/c1-7-5-14(12(18)13-11(7)17)8(4-9(15)19-2)21-6-10(16)20-3/h5,8H,4,6H2,1-3H3,(H,13,17,18). The summed E-state index contributed by atoms with van der Waals surface area (Å²) in [5.41, 5.74) is -1.04. The highest BCUT2D eigenvalue weighted by Gasteiger charge is 2.20. The van der Waals surface area contributed by atoms with E-state index in [4.69, 9.17) is 4.74 Å². The lowest BCUT2D eigenvalue weighted by Gasteiger charge is -2.18. The lowest BCUT2D eigenvalue weighted by Crippen LogP contribution is -2.35. The van der Waals surface area contributed by atoms with E-state index in [0.29, 0.717) is 0 Å². The molecular weight excluding hydrogens is 284 g/mol. The van der Waals surface area contributed by atoms with Gasteiger partial charge in [-0.15, -0.1) is 0 Å². The van der Waals surface area contributed by atoms with Crippen molar-refractivity contribution >= 4 is 11.9 Å². The molecule has 0 saturated heterocycles. The summed E-state index contributed by atoms with van der Waals surface area (Å²) in [6.07, 6.45) is -0.162. The molecule has 1 unspecified atom stereocenters. The maximum atomic E-state index is 11.8. The highest BCUT2D eigenvalue weighted by Crippen LogP contribution is 2.12. The van der Waals surface area contributed by atoms with Crippen molar-refractivity contribution in [1.29, 1.82) is 0 Å². The summed E-state index contributed by atoms with van der Waals surface area (Å²) < 4.78 is 15.1. The van der Waals surface area contributed by atoms with Gasteiger partial charge in [0.05, 0.1) is 20.6 Å². The summed E-state index contributed by atoms with van der Waals surface area (Å²) >= 11 is 0. The third-order valence-corrected chi connectivity index (χ3v) is 2.65. The molecule has 0 radical (unpaired) electrons. The van der Waals surface area contributed by atoms with Crippen molar-refractivity contribution in [3.63, 3.8) is 0 Å². The van der Waals surface area contributed by atoms with E-state index < -0.39 is 36.0 Å². The minimum absolute atomic E-state index is 0.256. The van der Waals surface area contributed by atoms with Crippen LogP contribution in [0.2, 0.25) is 0 Å². The second-order valence-electron chi connectivity index (χ2n) is 4.10. The van der Waals surface area contributed by atoms with Crippen LogP contribution < -0.4 is 11.2 Å². The number of rotatable bonds is 6. The number of carbonyl (C=O) groups excluding carboxylic acids is 2. The molecule has 0 spiro atoms. The first-order valence-electron chi connectivity index (χ1n) is 5.96. The number of aryl methyl sites for hydroxylation is 1. The Bertz CT molecular complexity index is 631. The number of methoxy groups -OCH3 is 2. The largest absolute Gasteiger partial charge is 0.469 e. The Labute approximate surface area is 119 Å².